The highest BCUT2D eigenvalue weighted by Gasteiger charge is 2.17. The largest absolute Gasteiger partial charge is 0.547 e. The Kier molecular flexibility index (Phi) is 6.98. The van der Waals surface area contributed by atoms with Gasteiger partial charge in [0.1, 0.15) is 17.7 Å². The van der Waals surface area contributed by atoms with E-state index in [1.807, 2.05) is 12.1 Å². The van der Waals surface area contributed by atoms with Crippen LogP contribution in [0, 0.1) is 0 Å². The lowest BCUT2D eigenvalue weighted by Gasteiger charge is -2.18. The first-order valence-electron chi connectivity index (χ1n) is 7.53. The highest BCUT2D eigenvalue weighted by atomic mass is 79.9. The van der Waals surface area contributed by atoms with E-state index < -0.39 is 24.1 Å². The monoisotopic (exact) mass is 439 g/mol. The molecule has 0 bridgehead atoms. The van der Waals surface area contributed by atoms with Gasteiger partial charge in [-0.2, -0.15) is 0 Å². The van der Waals surface area contributed by atoms with Gasteiger partial charge in [-0.3, -0.25) is 15.0 Å². The summed E-state index contributed by atoms with van der Waals surface area (Å²) in [5, 5.41) is 42.1. The number of guanidine groups is 1. The van der Waals surface area contributed by atoms with E-state index in [1.165, 1.54) is 0 Å². The number of anilines is 1. The van der Waals surface area contributed by atoms with Crippen LogP contribution >= 0.6 is 15.9 Å². The molecule has 0 saturated heterocycles. The second-order valence-corrected chi connectivity index (χ2v) is 5.95. The number of carbonyl (C=O) groups excluding carboxylic acids is 2. The van der Waals surface area contributed by atoms with E-state index >= 15 is 0 Å². The van der Waals surface area contributed by atoms with Gasteiger partial charge in [0, 0.05) is 18.9 Å². The molecule has 0 saturated carbocycles. The minimum atomic E-state index is -2.44. The third-order valence-corrected chi connectivity index (χ3v) is 4.09. The number of nitrogens with one attached hydrogen (secondary N) is 2. The van der Waals surface area contributed by atoms with E-state index in [1.54, 1.807) is 12.4 Å². The van der Waals surface area contributed by atoms with Gasteiger partial charge in [-0.15, -0.1) is 0 Å². The maximum atomic E-state index is 9.63. The maximum Gasteiger partial charge on any atom is 0.195 e. The standard InChI is InChI=1S/C11H10BrN5.C4H6O6/c12-9-7(17-11-15-5-6-16-11)1-2-8-10(9)14-4-3-13-8;5-1(3(7)8)2(6)4(9)10/h1-4H,5-6H2,(H2,15,16,17);1-2,5-6H,(H,7,8)(H,9,10)/p-2. The summed E-state index contributed by atoms with van der Waals surface area (Å²) in [5.41, 5.74) is 2.65. The number of aromatic nitrogens is 2. The summed E-state index contributed by atoms with van der Waals surface area (Å²) in [6.45, 7) is 1.70. The second-order valence-electron chi connectivity index (χ2n) is 5.16. The van der Waals surface area contributed by atoms with Gasteiger partial charge in [-0.1, -0.05) is 0 Å². The number of benzene rings is 1. The van der Waals surface area contributed by atoms with Crippen molar-refractivity contribution in [2.45, 2.75) is 12.2 Å². The molecule has 1 aliphatic rings. The van der Waals surface area contributed by atoms with E-state index in [-0.39, 0.29) is 0 Å². The quantitative estimate of drug-likeness (QED) is 0.382. The number of halogens is 1. The van der Waals surface area contributed by atoms with Gasteiger partial charge in [-0.25, -0.2) is 0 Å². The zero-order valence-corrected chi connectivity index (χ0v) is 15.2. The lowest BCUT2D eigenvalue weighted by atomic mass is 10.2. The maximum absolute atomic E-state index is 9.63. The van der Waals surface area contributed by atoms with Crippen molar-refractivity contribution in [3.63, 3.8) is 0 Å². The average Bonchev–Trinajstić information content (AvgIpc) is 3.16. The van der Waals surface area contributed by atoms with Crippen LogP contribution in [-0.2, 0) is 9.59 Å². The fourth-order valence-corrected chi connectivity index (χ4v) is 2.50. The molecule has 27 heavy (non-hydrogen) atoms. The van der Waals surface area contributed by atoms with Crippen molar-refractivity contribution in [3.05, 3.63) is 29.0 Å². The Bertz CT molecular complexity index is 859. The molecule has 0 aliphatic carbocycles. The molecule has 0 fully saturated rings. The molecule has 2 heterocycles. The van der Waals surface area contributed by atoms with Crippen LogP contribution in [0.2, 0.25) is 0 Å². The molecular weight excluding hydrogens is 426 g/mol. The van der Waals surface area contributed by atoms with Gasteiger partial charge < -0.3 is 40.6 Å². The Labute approximate surface area is 160 Å². The van der Waals surface area contributed by atoms with Crippen LogP contribution in [0.3, 0.4) is 0 Å². The zero-order chi connectivity index (χ0) is 20.0. The SMILES string of the molecule is Brc1c(NC2=NCCN2)ccc2nccnc12.O=C([O-])C(O)C(O)C(=O)[O-]. The number of nitrogens with zero attached hydrogens (tertiary/aromatic N) is 3. The van der Waals surface area contributed by atoms with Gasteiger partial charge in [0.15, 0.2) is 5.96 Å². The van der Waals surface area contributed by atoms with Gasteiger partial charge in [0.05, 0.1) is 34.2 Å². The number of rotatable bonds is 4. The zero-order valence-electron chi connectivity index (χ0n) is 13.6. The number of aliphatic hydroxyl groups excluding tert-OH is 2. The van der Waals surface area contributed by atoms with Gasteiger partial charge in [0.2, 0.25) is 0 Å². The lowest BCUT2D eigenvalue weighted by molar-refractivity contribution is -0.333. The minimum Gasteiger partial charge on any atom is -0.547 e. The summed E-state index contributed by atoms with van der Waals surface area (Å²) >= 11 is 3.54. The molecule has 1 aromatic carbocycles. The molecule has 0 amide bonds. The number of hydrogen-bond donors (Lipinski definition) is 4. The molecule has 144 valence electrons. The number of aliphatic imine (C=N–C) groups is 1. The van der Waals surface area contributed by atoms with E-state index in [2.05, 4.69) is 41.5 Å². The van der Waals surface area contributed by atoms with Crippen molar-refractivity contribution in [2.75, 3.05) is 18.4 Å². The smallest absolute Gasteiger partial charge is 0.195 e. The first-order valence-corrected chi connectivity index (χ1v) is 8.33. The van der Waals surface area contributed by atoms with E-state index in [9.17, 15) is 19.8 Å². The van der Waals surface area contributed by atoms with Crippen LogP contribution in [0.5, 0.6) is 0 Å². The summed E-state index contributed by atoms with van der Waals surface area (Å²) in [7, 11) is 0. The molecule has 4 N–H and O–H groups in total. The molecule has 1 aliphatic heterocycles. The van der Waals surface area contributed by atoms with Crippen LogP contribution in [0.25, 0.3) is 11.0 Å². The molecule has 12 heteroatoms. The molecule has 3 rings (SSSR count). The molecule has 11 nitrogen and oxygen atoms in total. The Morgan fingerprint density at radius 3 is 2.33 bits per heavy atom. The van der Waals surface area contributed by atoms with E-state index in [4.69, 9.17) is 10.2 Å². The Hall–Kier alpha value is -2.83. The lowest BCUT2D eigenvalue weighted by Crippen LogP contribution is -2.51. The van der Waals surface area contributed by atoms with Crippen molar-refractivity contribution < 1.29 is 30.0 Å². The Morgan fingerprint density at radius 1 is 1.15 bits per heavy atom. The molecule has 0 spiro atoms. The number of hydrogen-bond acceptors (Lipinski definition) is 11. The fourth-order valence-electron chi connectivity index (χ4n) is 1.97. The van der Waals surface area contributed by atoms with Crippen LogP contribution in [-0.4, -0.2) is 63.4 Å². The summed E-state index contributed by atoms with van der Waals surface area (Å²) < 4.78 is 0.902. The molecule has 2 unspecified atom stereocenters. The molecule has 1 aromatic heterocycles. The number of carboxylic acid groups (broad SMARTS) is 2. The highest BCUT2D eigenvalue weighted by Crippen LogP contribution is 2.28. The third kappa shape index (κ3) is 5.32. The van der Waals surface area contributed by atoms with Gasteiger partial charge in [0.25, 0.3) is 0 Å². The summed E-state index contributed by atoms with van der Waals surface area (Å²) in [4.78, 5) is 32.1. The van der Waals surface area contributed by atoms with Crippen molar-refractivity contribution in [3.8, 4) is 0 Å². The summed E-state index contributed by atoms with van der Waals surface area (Å²) in [6.07, 6.45) is -1.51. The second kappa shape index (κ2) is 9.21. The number of aliphatic hydroxyl groups is 2. The number of carbonyl (C=O) groups is 2. The van der Waals surface area contributed by atoms with Crippen molar-refractivity contribution >= 4 is 50.5 Å². The normalized spacial score (nSPS) is 15.0. The molecule has 0 radical (unpaired) electrons. The predicted octanol–water partition coefficient (Wildman–Crippen LogP) is -3.03. The Balaban J connectivity index is 0.000000227. The predicted molar refractivity (Wildman–Crippen MR) is 93.2 cm³/mol. The van der Waals surface area contributed by atoms with Crippen LogP contribution in [0.1, 0.15) is 0 Å². The average molecular weight is 440 g/mol. The molecule has 2 atom stereocenters. The molecule has 2 aromatic rings. The van der Waals surface area contributed by atoms with Crippen LogP contribution < -0.4 is 20.8 Å². The van der Waals surface area contributed by atoms with Crippen molar-refractivity contribution in [1.29, 1.82) is 0 Å². The topological polar surface area (TPSA) is 183 Å². The van der Waals surface area contributed by atoms with Crippen LogP contribution in [0.15, 0.2) is 34.0 Å². The third-order valence-electron chi connectivity index (χ3n) is 3.29. The number of fused-ring (bicyclic) bond motifs is 1. The fraction of sp³-hybridized carbons (Fsp3) is 0.267. The number of carboxylic acids is 2. The van der Waals surface area contributed by atoms with E-state index in [0.29, 0.717) is 0 Å². The minimum absolute atomic E-state index is 0.800. The molecular formula is C15H14BrN5O6-2. The summed E-state index contributed by atoms with van der Waals surface area (Å²) in [6, 6.07) is 3.90. The van der Waals surface area contributed by atoms with Crippen molar-refractivity contribution in [2.24, 2.45) is 4.99 Å². The van der Waals surface area contributed by atoms with E-state index in [0.717, 1.165) is 40.2 Å². The number of aliphatic carboxylic acids is 2. The Morgan fingerprint density at radius 2 is 1.78 bits per heavy atom. The first-order chi connectivity index (χ1) is 12.8. The summed E-state index contributed by atoms with van der Waals surface area (Å²) in [5.74, 6) is -3.32. The van der Waals surface area contributed by atoms with Crippen LogP contribution in [0.4, 0.5) is 5.69 Å². The van der Waals surface area contributed by atoms with Gasteiger partial charge in [-0.05, 0) is 28.1 Å². The van der Waals surface area contributed by atoms with Crippen molar-refractivity contribution in [1.82, 2.24) is 15.3 Å². The first kappa shape index (κ1) is 20.5. The highest BCUT2D eigenvalue weighted by molar-refractivity contribution is 9.10. The van der Waals surface area contributed by atoms with Gasteiger partial charge >= 0.3 is 0 Å².